The van der Waals surface area contributed by atoms with Gasteiger partial charge >= 0.3 is 0 Å². The van der Waals surface area contributed by atoms with Gasteiger partial charge in [0.15, 0.2) is 4.91 Å². The molecule has 14 heavy (non-hydrogen) atoms. The van der Waals surface area contributed by atoms with Gasteiger partial charge in [-0.25, -0.2) is 8.42 Å². The third-order valence-corrected chi connectivity index (χ3v) is 3.30. The fourth-order valence-corrected chi connectivity index (χ4v) is 1.98. The second-order valence-corrected chi connectivity index (χ2v) is 4.38. The van der Waals surface area contributed by atoms with Gasteiger partial charge in [-0.15, -0.1) is 0 Å². The molecule has 0 aliphatic heterocycles. The van der Waals surface area contributed by atoms with Gasteiger partial charge in [0.2, 0.25) is 9.84 Å². The Hall–Kier alpha value is -1.80. The summed E-state index contributed by atoms with van der Waals surface area (Å²) in [4.78, 5) is -0.373. The van der Waals surface area contributed by atoms with Crippen LogP contribution in [0.1, 0.15) is 0 Å². The maximum Gasteiger partial charge on any atom is 0.218 e. The zero-order valence-electron chi connectivity index (χ0n) is 7.21. The first-order valence-corrected chi connectivity index (χ1v) is 5.23. The van der Waals surface area contributed by atoms with Gasteiger partial charge in [-0.3, -0.25) is 0 Å². The van der Waals surface area contributed by atoms with Crippen molar-refractivity contribution >= 4 is 9.84 Å². The zero-order valence-corrected chi connectivity index (χ0v) is 8.03. The van der Waals surface area contributed by atoms with Crippen molar-refractivity contribution in [3.05, 3.63) is 41.4 Å². The van der Waals surface area contributed by atoms with Crippen molar-refractivity contribution in [3.63, 3.8) is 0 Å². The van der Waals surface area contributed by atoms with E-state index in [1.54, 1.807) is 18.2 Å². The SMILES string of the molecule is N#CC(=CN)S(=O)(=O)c1ccccc1. The summed E-state index contributed by atoms with van der Waals surface area (Å²) in [5.41, 5.74) is 5.04. The van der Waals surface area contributed by atoms with Crippen LogP contribution in [-0.4, -0.2) is 8.42 Å². The lowest BCUT2D eigenvalue weighted by Gasteiger charge is -2.00. The first kappa shape index (κ1) is 10.3. The smallest absolute Gasteiger partial charge is 0.218 e. The summed E-state index contributed by atoms with van der Waals surface area (Å²) < 4.78 is 23.2. The summed E-state index contributed by atoms with van der Waals surface area (Å²) in [5.74, 6) is 0. The molecule has 0 bridgehead atoms. The molecule has 0 radical (unpaired) electrons. The second-order valence-electron chi connectivity index (χ2n) is 2.46. The van der Waals surface area contributed by atoms with Crippen LogP contribution in [0.5, 0.6) is 0 Å². The maximum absolute atomic E-state index is 11.6. The van der Waals surface area contributed by atoms with Crippen molar-refractivity contribution in [2.24, 2.45) is 5.73 Å². The predicted molar refractivity (Wildman–Crippen MR) is 51.5 cm³/mol. The fourth-order valence-electron chi connectivity index (χ4n) is 0.914. The summed E-state index contributed by atoms with van der Waals surface area (Å²) in [6.45, 7) is 0. The number of hydrogen-bond acceptors (Lipinski definition) is 4. The molecular weight excluding hydrogens is 200 g/mol. The number of sulfone groups is 1. The van der Waals surface area contributed by atoms with E-state index in [0.29, 0.717) is 0 Å². The summed E-state index contributed by atoms with van der Waals surface area (Å²) >= 11 is 0. The number of benzene rings is 1. The standard InChI is InChI=1S/C9H8N2O2S/c10-6-9(7-11)14(12,13)8-4-2-1-3-5-8/h1-6H,10H2. The van der Waals surface area contributed by atoms with E-state index in [4.69, 9.17) is 11.0 Å². The lowest BCUT2D eigenvalue weighted by Crippen LogP contribution is -2.05. The molecule has 0 spiro atoms. The van der Waals surface area contributed by atoms with Gasteiger partial charge < -0.3 is 5.73 Å². The Morgan fingerprint density at radius 3 is 2.36 bits per heavy atom. The highest BCUT2D eigenvalue weighted by Crippen LogP contribution is 2.16. The first-order valence-electron chi connectivity index (χ1n) is 3.75. The molecule has 0 saturated heterocycles. The quantitative estimate of drug-likeness (QED) is 0.728. The Bertz CT molecular complexity index is 483. The minimum absolute atomic E-state index is 0.0678. The molecule has 0 aliphatic carbocycles. The van der Waals surface area contributed by atoms with Crippen molar-refractivity contribution in [2.45, 2.75) is 4.90 Å². The zero-order chi connectivity index (χ0) is 10.6. The molecule has 72 valence electrons. The molecule has 0 unspecified atom stereocenters. The van der Waals surface area contributed by atoms with Gasteiger partial charge in [-0.2, -0.15) is 5.26 Å². The molecule has 2 N–H and O–H groups in total. The molecule has 0 aromatic heterocycles. The minimum Gasteiger partial charge on any atom is -0.403 e. The second kappa shape index (κ2) is 3.94. The molecule has 1 rings (SSSR count). The lowest BCUT2D eigenvalue weighted by atomic mass is 10.4. The molecule has 4 nitrogen and oxygen atoms in total. The fraction of sp³-hybridized carbons (Fsp3) is 0. The Morgan fingerprint density at radius 1 is 1.36 bits per heavy atom. The number of rotatable bonds is 2. The van der Waals surface area contributed by atoms with Crippen LogP contribution in [0.4, 0.5) is 0 Å². The monoisotopic (exact) mass is 208 g/mol. The maximum atomic E-state index is 11.6. The van der Waals surface area contributed by atoms with E-state index >= 15 is 0 Å². The molecule has 0 atom stereocenters. The van der Waals surface area contributed by atoms with E-state index in [1.807, 2.05) is 0 Å². The summed E-state index contributed by atoms with van der Waals surface area (Å²) in [6.07, 6.45) is 0.794. The first-order chi connectivity index (χ1) is 6.62. The highest BCUT2D eigenvalue weighted by atomic mass is 32.2. The van der Waals surface area contributed by atoms with E-state index in [9.17, 15) is 8.42 Å². The van der Waals surface area contributed by atoms with Gasteiger partial charge in [0.05, 0.1) is 4.90 Å². The van der Waals surface area contributed by atoms with Gasteiger partial charge in [0.25, 0.3) is 0 Å². The highest BCUT2D eigenvalue weighted by Gasteiger charge is 2.19. The van der Waals surface area contributed by atoms with Gasteiger partial charge in [-0.1, -0.05) is 18.2 Å². The minimum atomic E-state index is -3.73. The number of nitrogens with zero attached hydrogens (tertiary/aromatic N) is 1. The average molecular weight is 208 g/mol. The van der Waals surface area contributed by atoms with Gasteiger partial charge in [0.1, 0.15) is 6.07 Å². The molecule has 0 saturated carbocycles. The van der Waals surface area contributed by atoms with Crippen molar-refractivity contribution in [2.75, 3.05) is 0 Å². The van der Waals surface area contributed by atoms with Crippen LogP contribution >= 0.6 is 0 Å². The van der Waals surface area contributed by atoms with E-state index < -0.39 is 14.7 Å². The third kappa shape index (κ3) is 1.75. The van der Waals surface area contributed by atoms with Crippen molar-refractivity contribution in [1.29, 1.82) is 5.26 Å². The van der Waals surface area contributed by atoms with Crippen LogP contribution < -0.4 is 5.73 Å². The van der Waals surface area contributed by atoms with Crippen molar-refractivity contribution < 1.29 is 8.42 Å². The molecule has 0 aliphatic rings. The normalized spacial score (nSPS) is 12.1. The van der Waals surface area contributed by atoms with E-state index in [-0.39, 0.29) is 4.90 Å². The van der Waals surface area contributed by atoms with Gasteiger partial charge in [0, 0.05) is 6.20 Å². The molecule has 0 fully saturated rings. The third-order valence-electron chi connectivity index (χ3n) is 1.60. The summed E-state index contributed by atoms with van der Waals surface area (Å²) in [7, 11) is -3.73. The topological polar surface area (TPSA) is 83.9 Å². The van der Waals surface area contributed by atoms with Gasteiger partial charge in [-0.05, 0) is 12.1 Å². The van der Waals surface area contributed by atoms with Crippen molar-refractivity contribution in [3.8, 4) is 6.07 Å². The average Bonchev–Trinajstić information content (AvgIpc) is 2.20. The summed E-state index contributed by atoms with van der Waals surface area (Å²) in [6, 6.07) is 9.22. The van der Waals surface area contributed by atoms with Crippen LogP contribution in [0, 0.1) is 11.3 Å². The Labute approximate surface area is 82.2 Å². The van der Waals surface area contributed by atoms with E-state index in [2.05, 4.69) is 0 Å². The van der Waals surface area contributed by atoms with Crippen molar-refractivity contribution in [1.82, 2.24) is 0 Å². The van der Waals surface area contributed by atoms with Crippen LogP contribution in [-0.2, 0) is 9.84 Å². The summed E-state index contributed by atoms with van der Waals surface area (Å²) in [5, 5.41) is 8.55. The predicted octanol–water partition coefficient (Wildman–Crippen LogP) is 0.784. The Morgan fingerprint density at radius 2 is 1.93 bits per heavy atom. The number of hydrogen-bond donors (Lipinski definition) is 1. The Balaban J connectivity index is 3.32. The van der Waals surface area contributed by atoms with Crippen LogP contribution in [0.2, 0.25) is 0 Å². The Kier molecular flexibility index (Phi) is 2.89. The molecule has 0 amide bonds. The molecule has 5 heteroatoms. The lowest BCUT2D eigenvalue weighted by molar-refractivity contribution is 0.603. The number of nitrogens with two attached hydrogens (primary N) is 1. The number of nitriles is 1. The van der Waals surface area contributed by atoms with Crippen LogP contribution in [0.25, 0.3) is 0 Å². The van der Waals surface area contributed by atoms with E-state index in [1.165, 1.54) is 18.2 Å². The molecule has 1 aromatic carbocycles. The van der Waals surface area contributed by atoms with E-state index in [0.717, 1.165) is 6.20 Å². The molecular formula is C9H8N2O2S. The highest BCUT2D eigenvalue weighted by molar-refractivity contribution is 7.95. The molecule has 1 aromatic rings. The molecule has 0 heterocycles. The van der Waals surface area contributed by atoms with Crippen LogP contribution in [0.3, 0.4) is 0 Å². The van der Waals surface area contributed by atoms with Crippen LogP contribution in [0.15, 0.2) is 46.3 Å². The largest absolute Gasteiger partial charge is 0.403 e. The number of allylic oxidation sites excluding steroid dienone is 1.